The van der Waals surface area contributed by atoms with Gasteiger partial charge < -0.3 is 9.15 Å². The number of hydrogen-bond acceptors (Lipinski definition) is 4. The highest BCUT2D eigenvalue weighted by molar-refractivity contribution is 5.90. The van der Waals surface area contributed by atoms with E-state index in [1.807, 2.05) is 12.3 Å². The van der Waals surface area contributed by atoms with E-state index in [0.717, 1.165) is 5.56 Å². The van der Waals surface area contributed by atoms with E-state index in [0.29, 0.717) is 11.5 Å². The first-order valence-electron chi connectivity index (χ1n) is 5.59. The van der Waals surface area contributed by atoms with E-state index in [-0.39, 0.29) is 18.2 Å². The molecule has 0 unspecified atom stereocenters. The van der Waals surface area contributed by atoms with E-state index in [2.05, 4.69) is 0 Å². The van der Waals surface area contributed by atoms with Crippen LogP contribution in [0.25, 0.3) is 0 Å². The van der Waals surface area contributed by atoms with Crippen molar-refractivity contribution in [1.82, 2.24) is 5.43 Å². The lowest BCUT2D eigenvalue weighted by atomic mass is 10.2. The van der Waals surface area contributed by atoms with E-state index in [4.69, 9.17) is 15.0 Å². The fourth-order valence-electron chi connectivity index (χ4n) is 1.53. The number of benzene rings is 1. The first-order chi connectivity index (χ1) is 9.10. The molecule has 3 N–H and O–H groups in total. The molecule has 5 nitrogen and oxygen atoms in total. The summed E-state index contributed by atoms with van der Waals surface area (Å²) >= 11 is 0. The summed E-state index contributed by atoms with van der Waals surface area (Å²) < 4.78 is 23.7. The van der Waals surface area contributed by atoms with Gasteiger partial charge in [-0.1, -0.05) is 6.07 Å². The van der Waals surface area contributed by atoms with Gasteiger partial charge in [0.25, 0.3) is 0 Å². The van der Waals surface area contributed by atoms with Gasteiger partial charge in [-0.15, -0.1) is 0 Å². The molecule has 2 aromatic rings. The van der Waals surface area contributed by atoms with Crippen molar-refractivity contribution < 1.29 is 18.3 Å². The molecule has 6 heteroatoms. The van der Waals surface area contributed by atoms with Gasteiger partial charge in [0.1, 0.15) is 23.9 Å². The zero-order chi connectivity index (χ0) is 13.8. The highest BCUT2D eigenvalue weighted by atomic mass is 19.1. The third-order valence-electron chi connectivity index (χ3n) is 2.54. The van der Waals surface area contributed by atoms with Crippen LogP contribution >= 0.6 is 0 Å². The average molecular weight is 264 g/mol. The second kappa shape index (κ2) is 5.53. The Balaban J connectivity index is 2.04. The van der Waals surface area contributed by atoms with Crippen molar-refractivity contribution in [2.24, 2.45) is 5.84 Å². The predicted octanol–water partition coefficient (Wildman–Crippen LogP) is 1.91. The molecular weight excluding hydrogens is 251 g/mol. The molecule has 0 aliphatic carbocycles. The monoisotopic (exact) mass is 264 g/mol. The Hall–Kier alpha value is -2.34. The van der Waals surface area contributed by atoms with Crippen molar-refractivity contribution in [3.63, 3.8) is 0 Å². The highest BCUT2D eigenvalue weighted by Gasteiger charge is 2.10. The minimum absolute atomic E-state index is 0.0945. The van der Waals surface area contributed by atoms with E-state index >= 15 is 0 Å². The third kappa shape index (κ3) is 3.11. The molecule has 0 aliphatic heterocycles. The van der Waals surface area contributed by atoms with Gasteiger partial charge in [0.05, 0.1) is 0 Å². The molecule has 0 saturated heterocycles. The van der Waals surface area contributed by atoms with Crippen LogP contribution in [0.1, 0.15) is 21.9 Å². The topological polar surface area (TPSA) is 77.5 Å². The summed E-state index contributed by atoms with van der Waals surface area (Å²) in [5.41, 5.74) is 2.77. The van der Waals surface area contributed by atoms with Crippen molar-refractivity contribution in [1.29, 1.82) is 0 Å². The fourth-order valence-corrected chi connectivity index (χ4v) is 1.53. The number of furan rings is 1. The number of rotatable bonds is 4. The molecule has 1 amide bonds. The van der Waals surface area contributed by atoms with Crippen molar-refractivity contribution in [3.8, 4) is 5.75 Å². The number of aryl methyl sites for hydroxylation is 1. The van der Waals surface area contributed by atoms with Crippen LogP contribution in [0.5, 0.6) is 5.75 Å². The highest BCUT2D eigenvalue weighted by Crippen LogP contribution is 2.20. The van der Waals surface area contributed by atoms with Crippen molar-refractivity contribution in [2.45, 2.75) is 13.5 Å². The number of hydrazine groups is 1. The van der Waals surface area contributed by atoms with Gasteiger partial charge in [-0.05, 0) is 30.7 Å². The number of nitrogens with one attached hydrogen (secondary N) is 1. The van der Waals surface area contributed by atoms with Crippen LogP contribution in [-0.2, 0) is 6.61 Å². The average Bonchev–Trinajstić information content (AvgIpc) is 2.88. The largest absolute Gasteiger partial charge is 0.485 e. The van der Waals surface area contributed by atoms with Gasteiger partial charge in [-0.2, -0.15) is 0 Å². The van der Waals surface area contributed by atoms with E-state index in [1.165, 1.54) is 18.2 Å². The number of hydrogen-bond donors (Lipinski definition) is 2. The van der Waals surface area contributed by atoms with Crippen LogP contribution in [0, 0.1) is 12.7 Å². The fraction of sp³-hybridized carbons (Fsp3) is 0.154. The van der Waals surface area contributed by atoms with Gasteiger partial charge in [0.15, 0.2) is 5.76 Å². The lowest BCUT2D eigenvalue weighted by Gasteiger charge is -2.07. The van der Waals surface area contributed by atoms with Crippen LogP contribution in [0.3, 0.4) is 0 Å². The Labute approximate surface area is 109 Å². The third-order valence-corrected chi connectivity index (χ3v) is 2.54. The summed E-state index contributed by atoms with van der Waals surface area (Å²) in [6.45, 7) is 1.91. The van der Waals surface area contributed by atoms with E-state index < -0.39 is 5.91 Å². The molecule has 100 valence electrons. The maximum Gasteiger partial charge on any atom is 0.300 e. The Kier molecular flexibility index (Phi) is 3.82. The summed E-state index contributed by atoms with van der Waals surface area (Å²) in [6, 6.07) is 7.36. The molecule has 19 heavy (non-hydrogen) atoms. The number of nitrogens with two attached hydrogens (primary N) is 1. The summed E-state index contributed by atoms with van der Waals surface area (Å²) in [5, 5.41) is 0. The molecule has 0 saturated carbocycles. The first kappa shape index (κ1) is 13.1. The van der Waals surface area contributed by atoms with Crippen LogP contribution in [-0.4, -0.2) is 5.91 Å². The van der Waals surface area contributed by atoms with E-state index in [9.17, 15) is 9.18 Å². The zero-order valence-corrected chi connectivity index (χ0v) is 10.3. The number of ether oxygens (including phenoxy) is 1. The molecule has 2 rings (SSSR count). The summed E-state index contributed by atoms with van der Waals surface area (Å²) in [4.78, 5) is 11.2. The minimum Gasteiger partial charge on any atom is -0.485 e. The second-order valence-electron chi connectivity index (χ2n) is 3.94. The molecule has 0 radical (unpaired) electrons. The van der Waals surface area contributed by atoms with Crippen molar-refractivity contribution in [2.75, 3.05) is 0 Å². The molecule has 0 atom stereocenters. The number of carbonyl (C=O) groups excluding carboxylic acids is 1. The number of carbonyl (C=O) groups is 1. The van der Waals surface area contributed by atoms with Gasteiger partial charge in [0.2, 0.25) is 0 Å². The van der Waals surface area contributed by atoms with Crippen LogP contribution < -0.4 is 16.0 Å². The van der Waals surface area contributed by atoms with Gasteiger partial charge in [-0.3, -0.25) is 10.2 Å². The van der Waals surface area contributed by atoms with E-state index in [1.54, 1.807) is 12.1 Å². The normalized spacial score (nSPS) is 10.3. The smallest absolute Gasteiger partial charge is 0.300 e. The van der Waals surface area contributed by atoms with Crippen LogP contribution in [0.4, 0.5) is 4.39 Å². The molecule has 1 aromatic carbocycles. The minimum atomic E-state index is -0.520. The maximum absolute atomic E-state index is 13.1. The first-order valence-corrected chi connectivity index (χ1v) is 5.59. The Bertz CT molecular complexity index is 595. The number of halogens is 1. The van der Waals surface area contributed by atoms with Crippen molar-refractivity contribution >= 4 is 5.91 Å². The number of amides is 1. The van der Waals surface area contributed by atoms with Crippen LogP contribution in [0.2, 0.25) is 0 Å². The molecule has 1 aromatic heterocycles. The maximum atomic E-state index is 13.1. The number of nitrogen functional groups attached to an aromatic ring is 1. The van der Waals surface area contributed by atoms with Gasteiger partial charge in [-0.25, -0.2) is 10.2 Å². The Morgan fingerprint density at radius 2 is 2.21 bits per heavy atom. The SMILES string of the molecule is Cc1ccc(F)cc1OCc1ccc(C(=O)NN)o1. The molecule has 0 bridgehead atoms. The van der Waals surface area contributed by atoms with Crippen molar-refractivity contribution in [3.05, 3.63) is 53.2 Å². The quantitative estimate of drug-likeness (QED) is 0.502. The summed E-state index contributed by atoms with van der Waals surface area (Å²) in [7, 11) is 0. The second-order valence-corrected chi connectivity index (χ2v) is 3.94. The Morgan fingerprint density at radius 1 is 1.42 bits per heavy atom. The summed E-state index contributed by atoms with van der Waals surface area (Å²) in [6.07, 6.45) is 0. The lowest BCUT2D eigenvalue weighted by molar-refractivity contribution is 0.0922. The molecule has 0 spiro atoms. The molecule has 0 fully saturated rings. The molecule has 1 heterocycles. The molecule has 0 aliphatic rings. The standard InChI is InChI=1S/C13H13FN2O3/c1-8-2-3-9(14)6-12(8)18-7-10-4-5-11(19-10)13(17)16-15/h2-6H,7,15H2,1H3,(H,16,17). The zero-order valence-electron chi connectivity index (χ0n) is 10.3. The molecular formula is C13H13FN2O3. The summed E-state index contributed by atoms with van der Waals surface area (Å²) in [5.74, 6) is 5.06. The van der Waals surface area contributed by atoms with Gasteiger partial charge in [0, 0.05) is 6.07 Å². The lowest BCUT2D eigenvalue weighted by Crippen LogP contribution is -2.29. The van der Waals surface area contributed by atoms with Gasteiger partial charge >= 0.3 is 5.91 Å². The Morgan fingerprint density at radius 3 is 2.95 bits per heavy atom. The predicted molar refractivity (Wildman–Crippen MR) is 65.8 cm³/mol. The van der Waals surface area contributed by atoms with Crippen LogP contribution in [0.15, 0.2) is 34.7 Å².